The standard InChI is InChI=1S/C16H16F2N2O/c17-16(18)12-10-11(19)6-7-13(12)20-8-3-9-21-15-5-2-1-4-14(15)20/h1-2,4-7,10,16H,3,8-9,19H2. The molecule has 2 N–H and O–H groups in total. The van der Waals surface area contributed by atoms with E-state index in [1.165, 1.54) is 6.07 Å². The summed E-state index contributed by atoms with van der Waals surface area (Å²) in [5, 5.41) is 0. The lowest BCUT2D eigenvalue weighted by molar-refractivity contribution is 0.152. The zero-order valence-electron chi connectivity index (χ0n) is 11.4. The number of nitrogens with zero attached hydrogens (tertiary/aromatic N) is 1. The van der Waals surface area contributed by atoms with Crippen LogP contribution in [0.15, 0.2) is 42.5 Å². The average Bonchev–Trinajstić information content (AvgIpc) is 2.69. The van der Waals surface area contributed by atoms with Gasteiger partial charge in [0.15, 0.2) is 0 Å². The van der Waals surface area contributed by atoms with Gasteiger partial charge in [0.2, 0.25) is 0 Å². The van der Waals surface area contributed by atoms with Gasteiger partial charge in [-0.3, -0.25) is 0 Å². The van der Waals surface area contributed by atoms with Crippen molar-refractivity contribution in [2.45, 2.75) is 12.8 Å². The van der Waals surface area contributed by atoms with E-state index in [0.29, 0.717) is 30.3 Å². The van der Waals surface area contributed by atoms with E-state index in [-0.39, 0.29) is 5.56 Å². The molecule has 0 aromatic heterocycles. The van der Waals surface area contributed by atoms with E-state index in [0.717, 1.165) is 12.1 Å². The molecule has 1 heterocycles. The quantitative estimate of drug-likeness (QED) is 0.845. The van der Waals surface area contributed by atoms with Gasteiger partial charge in [0, 0.05) is 17.8 Å². The summed E-state index contributed by atoms with van der Waals surface area (Å²) in [7, 11) is 0. The fourth-order valence-corrected chi connectivity index (χ4v) is 2.57. The first-order chi connectivity index (χ1) is 10.2. The van der Waals surface area contributed by atoms with Crippen LogP contribution in [0.3, 0.4) is 0 Å². The van der Waals surface area contributed by atoms with Crippen LogP contribution in [0.2, 0.25) is 0 Å². The fraction of sp³-hybridized carbons (Fsp3) is 0.250. The fourth-order valence-electron chi connectivity index (χ4n) is 2.57. The summed E-state index contributed by atoms with van der Waals surface area (Å²) >= 11 is 0. The molecule has 5 heteroatoms. The molecule has 2 aromatic carbocycles. The van der Waals surface area contributed by atoms with E-state index >= 15 is 0 Å². The number of hydrogen-bond donors (Lipinski definition) is 1. The van der Waals surface area contributed by atoms with Crippen molar-refractivity contribution in [2.24, 2.45) is 0 Å². The summed E-state index contributed by atoms with van der Waals surface area (Å²) in [6.45, 7) is 1.20. The molecule has 0 spiro atoms. The Morgan fingerprint density at radius 2 is 1.90 bits per heavy atom. The first-order valence-electron chi connectivity index (χ1n) is 6.84. The van der Waals surface area contributed by atoms with Crippen molar-refractivity contribution >= 4 is 17.1 Å². The second-order valence-electron chi connectivity index (χ2n) is 4.94. The van der Waals surface area contributed by atoms with Gasteiger partial charge in [-0.15, -0.1) is 0 Å². The van der Waals surface area contributed by atoms with E-state index in [1.54, 1.807) is 12.1 Å². The van der Waals surface area contributed by atoms with E-state index in [2.05, 4.69) is 0 Å². The Hall–Kier alpha value is -2.30. The molecule has 0 fully saturated rings. The average molecular weight is 290 g/mol. The Bertz CT molecular complexity index is 646. The summed E-state index contributed by atoms with van der Waals surface area (Å²) in [4.78, 5) is 1.88. The third-order valence-corrected chi connectivity index (χ3v) is 3.52. The maximum atomic E-state index is 13.3. The minimum Gasteiger partial charge on any atom is -0.491 e. The lowest BCUT2D eigenvalue weighted by Crippen LogP contribution is -2.19. The topological polar surface area (TPSA) is 38.5 Å². The Balaban J connectivity index is 2.12. The normalized spacial score (nSPS) is 14.5. The van der Waals surface area contributed by atoms with Crippen LogP contribution < -0.4 is 15.4 Å². The molecule has 0 amide bonds. The lowest BCUT2D eigenvalue weighted by atomic mass is 10.1. The molecule has 2 aromatic rings. The number of benzene rings is 2. The Morgan fingerprint density at radius 1 is 1.10 bits per heavy atom. The van der Waals surface area contributed by atoms with Gasteiger partial charge in [-0.2, -0.15) is 0 Å². The number of alkyl halides is 2. The molecular formula is C16H16F2N2O. The van der Waals surface area contributed by atoms with Crippen LogP contribution in [0.1, 0.15) is 18.4 Å². The lowest BCUT2D eigenvalue weighted by Gasteiger charge is -2.26. The smallest absolute Gasteiger partial charge is 0.265 e. The largest absolute Gasteiger partial charge is 0.491 e. The Morgan fingerprint density at radius 3 is 2.71 bits per heavy atom. The highest BCUT2D eigenvalue weighted by Gasteiger charge is 2.23. The summed E-state index contributed by atoms with van der Waals surface area (Å²) in [6, 6.07) is 12.1. The molecule has 0 bridgehead atoms. The number of fused-ring (bicyclic) bond motifs is 1. The molecule has 1 aliphatic heterocycles. The third kappa shape index (κ3) is 2.63. The van der Waals surface area contributed by atoms with Gasteiger partial charge in [0.25, 0.3) is 6.43 Å². The van der Waals surface area contributed by atoms with E-state index in [4.69, 9.17) is 10.5 Å². The summed E-state index contributed by atoms with van der Waals surface area (Å²) in [5.41, 5.74) is 7.23. The van der Waals surface area contributed by atoms with Crippen molar-refractivity contribution in [1.29, 1.82) is 0 Å². The van der Waals surface area contributed by atoms with Crippen LogP contribution in [0.4, 0.5) is 25.8 Å². The molecule has 21 heavy (non-hydrogen) atoms. The van der Waals surface area contributed by atoms with Crippen LogP contribution >= 0.6 is 0 Å². The van der Waals surface area contributed by atoms with Crippen molar-refractivity contribution in [3.63, 3.8) is 0 Å². The number of anilines is 3. The van der Waals surface area contributed by atoms with Gasteiger partial charge in [0.1, 0.15) is 5.75 Å². The minimum atomic E-state index is -2.57. The maximum absolute atomic E-state index is 13.3. The molecule has 3 nitrogen and oxygen atoms in total. The van der Waals surface area contributed by atoms with Crippen molar-refractivity contribution in [1.82, 2.24) is 0 Å². The predicted molar refractivity (Wildman–Crippen MR) is 79.4 cm³/mol. The molecule has 0 aliphatic carbocycles. The van der Waals surface area contributed by atoms with Crippen molar-refractivity contribution < 1.29 is 13.5 Å². The van der Waals surface area contributed by atoms with E-state index in [9.17, 15) is 8.78 Å². The SMILES string of the molecule is Nc1ccc(N2CCCOc3ccccc32)c(C(F)F)c1. The van der Waals surface area contributed by atoms with Crippen molar-refractivity contribution in [2.75, 3.05) is 23.8 Å². The van der Waals surface area contributed by atoms with Crippen molar-refractivity contribution in [3.05, 3.63) is 48.0 Å². The number of rotatable bonds is 2. The number of hydrogen-bond acceptors (Lipinski definition) is 3. The molecule has 3 rings (SSSR count). The molecule has 0 unspecified atom stereocenters. The molecule has 110 valence electrons. The molecular weight excluding hydrogens is 274 g/mol. The first-order valence-corrected chi connectivity index (χ1v) is 6.84. The predicted octanol–water partition coefficient (Wildman–Crippen LogP) is 4.13. The van der Waals surface area contributed by atoms with Gasteiger partial charge < -0.3 is 15.4 Å². The Labute approximate surface area is 121 Å². The van der Waals surface area contributed by atoms with Crippen molar-refractivity contribution in [3.8, 4) is 5.75 Å². The first kappa shape index (κ1) is 13.7. The van der Waals surface area contributed by atoms with Crippen LogP contribution in [0.25, 0.3) is 0 Å². The number of halogens is 2. The van der Waals surface area contributed by atoms with E-state index < -0.39 is 6.43 Å². The highest BCUT2D eigenvalue weighted by atomic mass is 19.3. The second-order valence-corrected chi connectivity index (χ2v) is 4.94. The molecule has 1 aliphatic rings. The number of ether oxygens (including phenoxy) is 1. The van der Waals surface area contributed by atoms with Gasteiger partial charge in [-0.25, -0.2) is 8.78 Å². The molecule has 0 saturated heterocycles. The van der Waals surface area contributed by atoms with Gasteiger partial charge in [-0.05, 0) is 36.8 Å². The number of nitrogen functional groups attached to an aromatic ring is 1. The highest BCUT2D eigenvalue weighted by molar-refractivity contribution is 5.73. The summed E-state index contributed by atoms with van der Waals surface area (Å²) < 4.78 is 32.3. The van der Waals surface area contributed by atoms with Crippen LogP contribution in [-0.2, 0) is 0 Å². The number of para-hydroxylation sites is 2. The van der Waals surface area contributed by atoms with Gasteiger partial charge in [0.05, 0.1) is 18.0 Å². The molecule has 0 saturated carbocycles. The second kappa shape index (κ2) is 5.60. The summed E-state index contributed by atoms with van der Waals surface area (Å²) in [5.74, 6) is 0.715. The number of nitrogens with two attached hydrogens (primary N) is 1. The highest BCUT2D eigenvalue weighted by Crippen LogP contribution is 2.40. The molecule has 0 radical (unpaired) electrons. The zero-order chi connectivity index (χ0) is 14.8. The van der Waals surface area contributed by atoms with Gasteiger partial charge in [-0.1, -0.05) is 12.1 Å². The van der Waals surface area contributed by atoms with Crippen LogP contribution in [0.5, 0.6) is 5.75 Å². The monoisotopic (exact) mass is 290 g/mol. The third-order valence-electron chi connectivity index (χ3n) is 3.52. The van der Waals surface area contributed by atoms with Crippen LogP contribution in [-0.4, -0.2) is 13.2 Å². The van der Waals surface area contributed by atoms with Gasteiger partial charge >= 0.3 is 0 Å². The van der Waals surface area contributed by atoms with Crippen LogP contribution in [0, 0.1) is 0 Å². The summed E-state index contributed by atoms with van der Waals surface area (Å²) in [6.07, 6.45) is -1.80. The zero-order valence-corrected chi connectivity index (χ0v) is 11.4. The Kier molecular flexibility index (Phi) is 3.64. The molecule has 0 atom stereocenters. The minimum absolute atomic E-state index is 0.0493. The van der Waals surface area contributed by atoms with E-state index in [1.807, 2.05) is 29.2 Å². The maximum Gasteiger partial charge on any atom is 0.265 e.